The molecule has 0 spiro atoms. The van der Waals surface area contributed by atoms with Gasteiger partial charge in [-0.1, -0.05) is 42.5 Å². The van der Waals surface area contributed by atoms with E-state index in [2.05, 4.69) is 20.7 Å². The lowest BCUT2D eigenvalue weighted by molar-refractivity contribution is 0.101. The molecule has 32 heavy (non-hydrogen) atoms. The molecule has 3 aromatic rings. The summed E-state index contributed by atoms with van der Waals surface area (Å²) in [4.78, 5) is 28.9. The van der Waals surface area contributed by atoms with Crippen LogP contribution in [0.4, 0.5) is 10.7 Å². The first-order chi connectivity index (χ1) is 15.5. The van der Waals surface area contributed by atoms with Gasteiger partial charge in [-0.3, -0.25) is 14.8 Å². The molecule has 2 N–H and O–H groups in total. The number of carbonyl (C=O) groups is 2. The number of aromatic nitrogens is 4. The number of carbonyl (C=O) groups excluding carboxylic acids is 2. The molecular weight excluding hydrogens is 408 g/mol. The highest BCUT2D eigenvalue weighted by Gasteiger charge is 2.16. The first kappa shape index (κ1) is 22.8. The van der Waals surface area contributed by atoms with Crippen molar-refractivity contribution < 1.29 is 14.3 Å². The Balaban J connectivity index is 1.48. The maximum atomic E-state index is 12.7. The Morgan fingerprint density at radius 3 is 2.66 bits per heavy atom. The zero-order valence-electron chi connectivity index (χ0n) is 18.5. The summed E-state index contributed by atoms with van der Waals surface area (Å²) in [5.41, 5.74) is 3.00. The normalized spacial score (nSPS) is 11.0. The van der Waals surface area contributed by atoms with E-state index in [-0.39, 0.29) is 12.5 Å². The van der Waals surface area contributed by atoms with Crippen LogP contribution >= 0.6 is 0 Å². The topological polar surface area (TPSA) is 103 Å². The number of aryl methyl sites for hydroxylation is 3. The Labute approximate surface area is 187 Å². The summed E-state index contributed by atoms with van der Waals surface area (Å²) < 4.78 is 8.66. The number of allylic oxidation sites excluding steroid dienone is 1. The lowest BCUT2D eigenvalue weighted by atomic mass is 10.2. The summed E-state index contributed by atoms with van der Waals surface area (Å²) in [6, 6.07) is 11.2. The molecule has 0 unspecified atom stereocenters. The third-order valence-electron chi connectivity index (χ3n) is 4.60. The Bertz CT molecular complexity index is 1080. The lowest BCUT2D eigenvalue weighted by Crippen LogP contribution is -2.24. The lowest BCUT2D eigenvalue weighted by Gasteiger charge is -2.08. The first-order valence-electron chi connectivity index (χ1n) is 10.5. The molecule has 0 saturated carbocycles. The minimum atomic E-state index is -0.479. The molecule has 0 aliphatic rings. The van der Waals surface area contributed by atoms with Gasteiger partial charge in [0.05, 0.1) is 11.4 Å². The summed E-state index contributed by atoms with van der Waals surface area (Å²) >= 11 is 0. The fourth-order valence-corrected chi connectivity index (χ4v) is 3.11. The van der Waals surface area contributed by atoms with Gasteiger partial charge in [-0.2, -0.15) is 5.10 Å². The number of imidazole rings is 1. The van der Waals surface area contributed by atoms with Crippen LogP contribution in [-0.2, 0) is 24.4 Å². The Kier molecular flexibility index (Phi) is 7.80. The molecule has 9 heteroatoms. The van der Waals surface area contributed by atoms with E-state index in [4.69, 9.17) is 4.74 Å². The van der Waals surface area contributed by atoms with Crippen LogP contribution in [0.25, 0.3) is 0 Å². The van der Waals surface area contributed by atoms with Crippen LogP contribution in [0.5, 0.6) is 0 Å². The van der Waals surface area contributed by atoms with Gasteiger partial charge >= 0.3 is 6.09 Å². The van der Waals surface area contributed by atoms with Crippen molar-refractivity contribution in [2.45, 2.75) is 40.5 Å². The van der Waals surface area contributed by atoms with E-state index in [1.807, 2.05) is 74.0 Å². The average molecular weight is 437 g/mol. The number of nitrogens with zero attached hydrogens (tertiary/aromatic N) is 4. The number of amides is 2. The van der Waals surface area contributed by atoms with E-state index in [1.54, 1.807) is 10.7 Å². The molecular formula is C23H28N6O3. The van der Waals surface area contributed by atoms with Crippen molar-refractivity contribution in [2.24, 2.45) is 0 Å². The molecule has 1 aromatic carbocycles. The van der Waals surface area contributed by atoms with Gasteiger partial charge in [-0.15, -0.1) is 0 Å². The van der Waals surface area contributed by atoms with Crippen LogP contribution < -0.4 is 10.6 Å². The quantitative estimate of drug-likeness (QED) is 0.500. The molecule has 0 aliphatic heterocycles. The highest BCUT2D eigenvalue weighted by molar-refractivity contribution is 6.02. The fourth-order valence-electron chi connectivity index (χ4n) is 3.11. The van der Waals surface area contributed by atoms with Crippen molar-refractivity contribution in [2.75, 3.05) is 11.9 Å². The van der Waals surface area contributed by atoms with Gasteiger partial charge in [0.25, 0.3) is 5.91 Å². The second-order valence-electron chi connectivity index (χ2n) is 7.21. The van der Waals surface area contributed by atoms with Crippen molar-refractivity contribution in [1.29, 1.82) is 0 Å². The van der Waals surface area contributed by atoms with E-state index in [1.165, 1.54) is 0 Å². The van der Waals surface area contributed by atoms with Crippen LogP contribution in [0, 0.1) is 13.8 Å². The van der Waals surface area contributed by atoms with Crippen molar-refractivity contribution in [3.8, 4) is 0 Å². The highest BCUT2D eigenvalue weighted by atomic mass is 16.5. The van der Waals surface area contributed by atoms with Crippen LogP contribution in [0.2, 0.25) is 0 Å². The van der Waals surface area contributed by atoms with Gasteiger partial charge in [0, 0.05) is 25.8 Å². The smallest absolute Gasteiger partial charge is 0.407 e. The second-order valence-corrected chi connectivity index (χ2v) is 7.21. The average Bonchev–Trinajstić information content (AvgIpc) is 3.34. The molecule has 0 radical (unpaired) electrons. The van der Waals surface area contributed by atoms with Crippen LogP contribution in [0.1, 0.15) is 34.4 Å². The number of rotatable bonds is 9. The predicted molar refractivity (Wildman–Crippen MR) is 121 cm³/mol. The van der Waals surface area contributed by atoms with Gasteiger partial charge in [0.1, 0.15) is 12.3 Å². The van der Waals surface area contributed by atoms with Gasteiger partial charge in [0.15, 0.2) is 0 Å². The molecule has 0 atom stereocenters. The minimum absolute atomic E-state index is 0.226. The molecule has 0 saturated heterocycles. The summed E-state index contributed by atoms with van der Waals surface area (Å²) in [5.74, 6) is 0.194. The number of nitrogens with one attached hydrogen (secondary N) is 2. The zero-order chi connectivity index (χ0) is 22.9. The number of hydrogen-bond acceptors (Lipinski definition) is 5. The molecule has 168 valence electrons. The molecule has 0 fully saturated rings. The van der Waals surface area contributed by atoms with Crippen molar-refractivity contribution in [3.05, 3.63) is 77.4 Å². The first-order valence-corrected chi connectivity index (χ1v) is 10.5. The predicted octanol–water partition coefficient (Wildman–Crippen LogP) is 3.45. The highest BCUT2D eigenvalue weighted by Crippen LogP contribution is 2.12. The summed E-state index contributed by atoms with van der Waals surface area (Å²) in [7, 11) is 0. The standard InChI is InChI=1S/C23H28N6O3/c1-4-29-20(14-17(2)27-29)21(30)26-22-25-18(3)15-28(22)13-9-8-12-24-23(31)32-16-19-10-6-5-7-11-19/h5-11,14-15H,4,12-13,16H2,1-3H3,(H,24,31)(H,25,26,30)/b9-8+. The summed E-state index contributed by atoms with van der Waals surface area (Å²) in [6.07, 6.45) is 5.08. The fraction of sp³-hybridized carbons (Fsp3) is 0.304. The Morgan fingerprint density at radius 2 is 1.91 bits per heavy atom. The third-order valence-corrected chi connectivity index (χ3v) is 4.60. The maximum Gasteiger partial charge on any atom is 0.407 e. The molecule has 0 aliphatic carbocycles. The van der Waals surface area contributed by atoms with E-state index < -0.39 is 6.09 Å². The molecule has 0 bridgehead atoms. The number of benzene rings is 1. The molecule has 2 heterocycles. The van der Waals surface area contributed by atoms with Gasteiger partial charge in [-0.05, 0) is 32.4 Å². The molecule has 2 amide bonds. The van der Waals surface area contributed by atoms with E-state index in [9.17, 15) is 9.59 Å². The number of ether oxygens (including phenoxy) is 1. The number of anilines is 1. The second kappa shape index (κ2) is 10.9. The Hall–Kier alpha value is -3.88. The number of alkyl carbamates (subject to hydrolysis) is 1. The van der Waals surface area contributed by atoms with Gasteiger partial charge in [-0.25, -0.2) is 9.78 Å². The summed E-state index contributed by atoms with van der Waals surface area (Å²) in [5, 5.41) is 9.84. The Morgan fingerprint density at radius 1 is 1.12 bits per heavy atom. The van der Waals surface area contributed by atoms with Crippen LogP contribution in [0.15, 0.2) is 54.7 Å². The largest absolute Gasteiger partial charge is 0.445 e. The third kappa shape index (κ3) is 6.31. The van der Waals surface area contributed by atoms with Crippen molar-refractivity contribution in [3.63, 3.8) is 0 Å². The van der Waals surface area contributed by atoms with Gasteiger partial charge < -0.3 is 14.6 Å². The maximum absolute atomic E-state index is 12.7. The van der Waals surface area contributed by atoms with Crippen LogP contribution in [0.3, 0.4) is 0 Å². The minimum Gasteiger partial charge on any atom is -0.445 e. The zero-order valence-corrected chi connectivity index (χ0v) is 18.5. The molecule has 3 rings (SSSR count). The molecule has 2 aromatic heterocycles. The molecule has 9 nitrogen and oxygen atoms in total. The van der Waals surface area contributed by atoms with E-state index >= 15 is 0 Å². The van der Waals surface area contributed by atoms with Crippen LogP contribution in [-0.4, -0.2) is 37.9 Å². The SMILES string of the molecule is CCn1nc(C)cc1C(=O)Nc1nc(C)cn1C/C=C/CNC(=O)OCc1ccccc1. The van der Waals surface area contributed by atoms with Crippen molar-refractivity contribution >= 4 is 17.9 Å². The van der Waals surface area contributed by atoms with Gasteiger partial charge in [0.2, 0.25) is 5.95 Å². The summed E-state index contributed by atoms with van der Waals surface area (Å²) in [6.45, 7) is 7.30. The number of hydrogen-bond donors (Lipinski definition) is 2. The van der Waals surface area contributed by atoms with E-state index in [0.717, 1.165) is 17.0 Å². The van der Waals surface area contributed by atoms with E-state index in [0.29, 0.717) is 31.3 Å². The van der Waals surface area contributed by atoms with Crippen molar-refractivity contribution in [1.82, 2.24) is 24.6 Å². The monoisotopic (exact) mass is 436 g/mol.